The van der Waals surface area contributed by atoms with Crippen molar-refractivity contribution in [2.24, 2.45) is 0 Å². The summed E-state index contributed by atoms with van der Waals surface area (Å²) in [6, 6.07) is 10.1. The van der Waals surface area contributed by atoms with Crippen LogP contribution in [0, 0.1) is 11.5 Å². The zero-order valence-electron chi connectivity index (χ0n) is 19.5. The zero-order valence-corrected chi connectivity index (χ0v) is 19.5. The Kier molecular flexibility index (Phi) is 6.37. The Morgan fingerprint density at radius 2 is 1.91 bits per heavy atom. The molecule has 1 aliphatic heterocycles. The Labute approximate surface area is 195 Å². The lowest BCUT2D eigenvalue weighted by Gasteiger charge is -2.34. The fourth-order valence-corrected chi connectivity index (χ4v) is 4.29. The highest BCUT2D eigenvalue weighted by Gasteiger charge is 2.41. The molecule has 1 N–H and O–H groups in total. The number of rotatable bonds is 6. The Morgan fingerprint density at radius 1 is 1.18 bits per heavy atom. The summed E-state index contributed by atoms with van der Waals surface area (Å²) in [4.78, 5) is 34.8. The summed E-state index contributed by atoms with van der Waals surface area (Å²) < 4.78 is 0. The number of aromatic nitrogens is 1. The summed E-state index contributed by atoms with van der Waals surface area (Å²) in [6.07, 6.45) is 8.70. The number of benzene rings is 1. The monoisotopic (exact) mass is 445 g/mol. The predicted molar refractivity (Wildman–Crippen MR) is 126 cm³/mol. The molecule has 1 aliphatic carbocycles. The van der Waals surface area contributed by atoms with E-state index in [0.717, 1.165) is 24.8 Å². The summed E-state index contributed by atoms with van der Waals surface area (Å²) in [5.41, 5.74) is 2.38. The standard InChI is InChI=1S/C26H31N5O2/c1-26(2,3)19-8-12-21(13-9-19)31(25(33)22-7-5-15-30(22)17-27)23(18-6-4-14-28-16-18)24(32)29-20-10-11-20/h4,6,8-9,12-14,16,20,22-23H,5,7,10-11,15H2,1-3H3,(H,29,32). The van der Waals surface area contributed by atoms with Gasteiger partial charge in [0.15, 0.2) is 6.19 Å². The van der Waals surface area contributed by atoms with Gasteiger partial charge in [0.1, 0.15) is 12.1 Å². The first-order valence-electron chi connectivity index (χ1n) is 11.6. The zero-order chi connectivity index (χ0) is 23.6. The number of likely N-dealkylation sites (tertiary alicyclic amines) is 1. The molecule has 7 heteroatoms. The number of nitrogens with zero attached hydrogens (tertiary/aromatic N) is 4. The number of carbonyl (C=O) groups excluding carboxylic acids is 2. The highest BCUT2D eigenvalue weighted by molar-refractivity contribution is 6.04. The normalized spacial score (nSPS) is 19.0. The van der Waals surface area contributed by atoms with E-state index in [4.69, 9.17) is 0 Å². The molecule has 7 nitrogen and oxygen atoms in total. The van der Waals surface area contributed by atoms with Crippen LogP contribution in [-0.4, -0.2) is 40.3 Å². The first-order valence-corrected chi connectivity index (χ1v) is 11.6. The number of pyridine rings is 1. The fraction of sp³-hybridized carbons (Fsp3) is 0.462. The molecule has 4 rings (SSSR count). The van der Waals surface area contributed by atoms with Gasteiger partial charge in [-0.15, -0.1) is 0 Å². The predicted octanol–water partition coefficient (Wildman–Crippen LogP) is 3.68. The lowest BCUT2D eigenvalue weighted by molar-refractivity contribution is -0.128. The SMILES string of the molecule is CC(C)(C)c1ccc(N(C(=O)C2CCCN2C#N)C(C(=O)NC2CC2)c2cccnc2)cc1. The second kappa shape index (κ2) is 9.22. The van der Waals surface area contributed by atoms with Gasteiger partial charge in [-0.05, 0) is 54.9 Å². The summed E-state index contributed by atoms with van der Waals surface area (Å²) in [5.74, 6) is -0.461. The number of nitriles is 1. The summed E-state index contributed by atoms with van der Waals surface area (Å²) in [6.45, 7) is 6.96. The van der Waals surface area contributed by atoms with Crippen molar-refractivity contribution in [2.75, 3.05) is 11.4 Å². The lowest BCUT2D eigenvalue weighted by atomic mass is 9.87. The van der Waals surface area contributed by atoms with Crippen LogP contribution in [0.3, 0.4) is 0 Å². The van der Waals surface area contributed by atoms with Crippen molar-refractivity contribution in [1.29, 1.82) is 5.26 Å². The minimum Gasteiger partial charge on any atom is -0.351 e. The molecule has 2 atom stereocenters. The minimum atomic E-state index is -0.867. The van der Waals surface area contributed by atoms with E-state index in [0.29, 0.717) is 24.2 Å². The van der Waals surface area contributed by atoms with Gasteiger partial charge in [0.2, 0.25) is 5.91 Å². The highest BCUT2D eigenvalue weighted by Crippen LogP contribution is 2.33. The van der Waals surface area contributed by atoms with E-state index in [1.165, 1.54) is 4.90 Å². The molecular formula is C26H31N5O2. The number of nitrogens with one attached hydrogen (secondary N) is 1. The molecule has 2 fully saturated rings. The molecule has 1 aromatic heterocycles. The Bertz CT molecular complexity index is 1040. The van der Waals surface area contributed by atoms with E-state index in [2.05, 4.69) is 37.3 Å². The maximum atomic E-state index is 14.0. The van der Waals surface area contributed by atoms with Gasteiger partial charge < -0.3 is 5.32 Å². The Hall–Kier alpha value is -3.40. The summed E-state index contributed by atoms with van der Waals surface area (Å²) in [5, 5.41) is 12.6. The van der Waals surface area contributed by atoms with Crippen LogP contribution in [0.4, 0.5) is 5.69 Å². The van der Waals surface area contributed by atoms with Gasteiger partial charge >= 0.3 is 0 Å². The fourth-order valence-electron chi connectivity index (χ4n) is 4.29. The molecular weight excluding hydrogens is 414 g/mol. The van der Waals surface area contributed by atoms with E-state index in [-0.39, 0.29) is 23.3 Å². The third-order valence-corrected chi connectivity index (χ3v) is 6.35. The average Bonchev–Trinajstić information content (AvgIpc) is 3.48. The van der Waals surface area contributed by atoms with Crippen molar-refractivity contribution in [3.63, 3.8) is 0 Å². The molecule has 0 radical (unpaired) electrons. The van der Waals surface area contributed by atoms with Gasteiger partial charge in [0.05, 0.1) is 0 Å². The maximum Gasteiger partial charge on any atom is 0.251 e. The molecule has 1 saturated carbocycles. The van der Waals surface area contributed by atoms with E-state index in [1.807, 2.05) is 30.3 Å². The van der Waals surface area contributed by atoms with Crippen LogP contribution in [-0.2, 0) is 15.0 Å². The van der Waals surface area contributed by atoms with E-state index in [1.54, 1.807) is 23.4 Å². The first kappa shape index (κ1) is 22.8. The van der Waals surface area contributed by atoms with Gasteiger partial charge in [-0.25, -0.2) is 0 Å². The average molecular weight is 446 g/mol. The molecule has 1 saturated heterocycles. The smallest absolute Gasteiger partial charge is 0.251 e. The molecule has 0 spiro atoms. The third kappa shape index (κ3) is 5.00. The van der Waals surface area contributed by atoms with Crippen LogP contribution in [0.25, 0.3) is 0 Å². The maximum absolute atomic E-state index is 14.0. The van der Waals surface area contributed by atoms with E-state index < -0.39 is 12.1 Å². The van der Waals surface area contributed by atoms with Crippen molar-refractivity contribution in [3.8, 4) is 6.19 Å². The quantitative estimate of drug-likeness (QED) is 0.685. The summed E-state index contributed by atoms with van der Waals surface area (Å²) >= 11 is 0. The van der Waals surface area contributed by atoms with Crippen LogP contribution in [0.15, 0.2) is 48.8 Å². The summed E-state index contributed by atoms with van der Waals surface area (Å²) in [7, 11) is 0. The van der Waals surface area contributed by atoms with Crippen molar-refractivity contribution < 1.29 is 9.59 Å². The molecule has 2 heterocycles. The van der Waals surface area contributed by atoms with Gasteiger partial charge in [-0.3, -0.25) is 24.4 Å². The van der Waals surface area contributed by atoms with E-state index in [9.17, 15) is 14.9 Å². The van der Waals surface area contributed by atoms with Gasteiger partial charge in [0, 0.05) is 36.2 Å². The number of hydrogen-bond donors (Lipinski definition) is 1. The number of hydrogen-bond acceptors (Lipinski definition) is 5. The number of amides is 2. The van der Waals surface area contributed by atoms with Crippen LogP contribution in [0.5, 0.6) is 0 Å². The Morgan fingerprint density at radius 3 is 2.48 bits per heavy atom. The Balaban J connectivity index is 1.79. The molecule has 2 aliphatic rings. The van der Waals surface area contributed by atoms with Crippen LogP contribution in [0.2, 0.25) is 0 Å². The highest BCUT2D eigenvalue weighted by atomic mass is 16.2. The van der Waals surface area contributed by atoms with Gasteiger partial charge in [-0.2, -0.15) is 5.26 Å². The largest absolute Gasteiger partial charge is 0.351 e. The molecule has 2 amide bonds. The van der Waals surface area contributed by atoms with Crippen molar-refractivity contribution in [1.82, 2.24) is 15.2 Å². The van der Waals surface area contributed by atoms with Crippen LogP contribution in [0.1, 0.15) is 63.6 Å². The van der Waals surface area contributed by atoms with Gasteiger partial charge in [0.25, 0.3) is 5.91 Å². The molecule has 2 unspecified atom stereocenters. The first-order chi connectivity index (χ1) is 15.8. The minimum absolute atomic E-state index is 0.0392. The number of anilines is 1. The number of carbonyl (C=O) groups is 2. The molecule has 1 aromatic carbocycles. The molecule has 172 valence electrons. The lowest BCUT2D eigenvalue weighted by Crippen LogP contribution is -2.50. The van der Waals surface area contributed by atoms with Crippen molar-refractivity contribution in [2.45, 2.75) is 70.0 Å². The van der Waals surface area contributed by atoms with Gasteiger partial charge in [-0.1, -0.05) is 39.0 Å². The molecule has 0 bridgehead atoms. The van der Waals surface area contributed by atoms with Crippen molar-refractivity contribution in [3.05, 3.63) is 59.9 Å². The second-order valence-corrected chi connectivity index (χ2v) is 9.93. The molecule has 33 heavy (non-hydrogen) atoms. The van der Waals surface area contributed by atoms with Crippen LogP contribution >= 0.6 is 0 Å². The molecule has 2 aromatic rings. The van der Waals surface area contributed by atoms with Crippen LogP contribution < -0.4 is 10.2 Å². The topological polar surface area (TPSA) is 89.3 Å². The second-order valence-electron chi connectivity index (χ2n) is 9.93. The van der Waals surface area contributed by atoms with E-state index >= 15 is 0 Å². The third-order valence-electron chi connectivity index (χ3n) is 6.35. The van der Waals surface area contributed by atoms with Crippen molar-refractivity contribution >= 4 is 17.5 Å².